The quantitative estimate of drug-likeness (QED) is 0.645. The third-order valence-corrected chi connectivity index (χ3v) is 3.11. The Morgan fingerprint density at radius 3 is 2.89 bits per heavy atom. The van der Waals surface area contributed by atoms with Crippen LogP contribution in [-0.2, 0) is 0 Å². The molecule has 0 spiro atoms. The lowest BCUT2D eigenvalue weighted by atomic mass is 9.82. The fourth-order valence-corrected chi connectivity index (χ4v) is 2.17. The van der Waals surface area contributed by atoms with Crippen molar-refractivity contribution in [2.45, 2.75) is 18.9 Å². The summed E-state index contributed by atoms with van der Waals surface area (Å²) < 4.78 is 18.8. The first-order chi connectivity index (χ1) is 8.61. The van der Waals surface area contributed by atoms with Gasteiger partial charge in [0.15, 0.2) is 0 Å². The molecule has 98 valence electrons. The number of para-hydroxylation sites is 1. The van der Waals surface area contributed by atoms with E-state index in [2.05, 4.69) is 5.32 Å². The molecule has 1 aliphatic carbocycles. The van der Waals surface area contributed by atoms with Crippen LogP contribution in [0.15, 0.2) is 18.2 Å². The zero-order valence-corrected chi connectivity index (χ0v) is 10.1. The van der Waals surface area contributed by atoms with Crippen molar-refractivity contribution in [1.82, 2.24) is 5.32 Å². The van der Waals surface area contributed by atoms with Gasteiger partial charge in [0, 0.05) is 0 Å². The summed E-state index contributed by atoms with van der Waals surface area (Å²) in [6.07, 6.45) is 1.63. The first-order valence-corrected chi connectivity index (χ1v) is 5.86. The Labute approximate surface area is 104 Å². The molecule has 1 aromatic rings. The van der Waals surface area contributed by atoms with Gasteiger partial charge in [0.25, 0.3) is 0 Å². The monoisotopic (exact) mass is 254 g/mol. The predicted octanol–water partition coefficient (Wildman–Crippen LogP) is 2.11. The molecule has 0 atom stereocenters. The highest BCUT2D eigenvalue weighted by atomic mass is 19.1. The highest BCUT2D eigenvalue weighted by Gasteiger charge is 2.32. The Morgan fingerprint density at radius 2 is 2.28 bits per heavy atom. The molecule has 1 N–H and O–H groups in total. The molecular weight excluding hydrogens is 239 g/mol. The molecule has 0 saturated heterocycles. The number of nitro groups is 1. The number of hydrogen-bond donors (Lipinski definition) is 1. The summed E-state index contributed by atoms with van der Waals surface area (Å²) in [7, 11) is 1.88. The van der Waals surface area contributed by atoms with Gasteiger partial charge in [0.2, 0.25) is 11.6 Å². The van der Waals surface area contributed by atoms with E-state index in [-0.39, 0.29) is 11.9 Å². The highest BCUT2D eigenvalue weighted by Crippen LogP contribution is 2.36. The van der Waals surface area contributed by atoms with Crippen molar-refractivity contribution in [2.24, 2.45) is 5.92 Å². The molecule has 0 radical (unpaired) electrons. The summed E-state index contributed by atoms with van der Waals surface area (Å²) >= 11 is 0. The van der Waals surface area contributed by atoms with Gasteiger partial charge < -0.3 is 10.1 Å². The van der Waals surface area contributed by atoms with Gasteiger partial charge in [-0.1, -0.05) is 6.07 Å². The Bertz CT molecular complexity index is 447. The third-order valence-electron chi connectivity index (χ3n) is 3.11. The molecule has 1 aromatic carbocycles. The SMILES string of the molecule is CNCC1CC(Oc2cccc(F)c2[N+](=O)[O-])C1. The highest BCUT2D eigenvalue weighted by molar-refractivity contribution is 5.47. The van der Waals surface area contributed by atoms with E-state index in [1.54, 1.807) is 0 Å². The van der Waals surface area contributed by atoms with Crippen LogP contribution in [0, 0.1) is 21.8 Å². The van der Waals surface area contributed by atoms with Crippen molar-refractivity contribution in [3.8, 4) is 5.75 Å². The van der Waals surface area contributed by atoms with Gasteiger partial charge in [-0.25, -0.2) is 0 Å². The van der Waals surface area contributed by atoms with Crippen LogP contribution >= 0.6 is 0 Å². The molecule has 0 aliphatic heterocycles. The maximum Gasteiger partial charge on any atom is 0.346 e. The number of hydrogen-bond acceptors (Lipinski definition) is 4. The molecule has 1 fully saturated rings. The Kier molecular flexibility index (Phi) is 3.76. The van der Waals surface area contributed by atoms with Crippen LogP contribution in [0.2, 0.25) is 0 Å². The minimum Gasteiger partial charge on any atom is -0.483 e. The molecule has 0 unspecified atom stereocenters. The first-order valence-electron chi connectivity index (χ1n) is 5.86. The van der Waals surface area contributed by atoms with E-state index in [9.17, 15) is 14.5 Å². The van der Waals surface area contributed by atoms with E-state index in [0.717, 1.165) is 25.5 Å². The number of ether oxygens (including phenoxy) is 1. The van der Waals surface area contributed by atoms with Gasteiger partial charge in [0.05, 0.1) is 11.0 Å². The summed E-state index contributed by atoms with van der Waals surface area (Å²) in [5, 5.41) is 13.8. The van der Waals surface area contributed by atoms with Crippen molar-refractivity contribution in [3.63, 3.8) is 0 Å². The maximum atomic E-state index is 13.3. The van der Waals surface area contributed by atoms with Gasteiger partial charge in [-0.05, 0) is 44.5 Å². The number of halogens is 1. The number of nitrogens with one attached hydrogen (secondary N) is 1. The Morgan fingerprint density at radius 1 is 1.56 bits per heavy atom. The van der Waals surface area contributed by atoms with E-state index in [4.69, 9.17) is 4.74 Å². The lowest BCUT2D eigenvalue weighted by molar-refractivity contribution is -0.388. The second-order valence-corrected chi connectivity index (χ2v) is 4.48. The second kappa shape index (κ2) is 5.30. The molecule has 18 heavy (non-hydrogen) atoms. The normalized spacial score (nSPS) is 22.3. The van der Waals surface area contributed by atoms with Crippen molar-refractivity contribution in [2.75, 3.05) is 13.6 Å². The minimum absolute atomic E-state index is 0.0212. The lowest BCUT2D eigenvalue weighted by Gasteiger charge is -2.35. The summed E-state index contributed by atoms with van der Waals surface area (Å²) in [5.41, 5.74) is -0.574. The van der Waals surface area contributed by atoms with Crippen LogP contribution in [0.1, 0.15) is 12.8 Å². The topological polar surface area (TPSA) is 64.4 Å². The van der Waals surface area contributed by atoms with Crippen molar-refractivity contribution >= 4 is 5.69 Å². The van der Waals surface area contributed by atoms with Crippen LogP contribution in [-0.4, -0.2) is 24.6 Å². The minimum atomic E-state index is -0.858. The molecule has 0 aromatic heterocycles. The number of nitro benzene ring substituents is 1. The zero-order valence-electron chi connectivity index (χ0n) is 10.1. The third kappa shape index (κ3) is 2.59. The van der Waals surface area contributed by atoms with Gasteiger partial charge in [0.1, 0.15) is 0 Å². The first kappa shape index (κ1) is 12.8. The Hall–Kier alpha value is -1.69. The summed E-state index contributed by atoms with van der Waals surface area (Å²) in [5.74, 6) is -0.302. The molecule has 2 rings (SSSR count). The molecule has 1 saturated carbocycles. The fourth-order valence-electron chi connectivity index (χ4n) is 2.17. The molecule has 0 amide bonds. The van der Waals surface area contributed by atoms with Gasteiger partial charge in [-0.3, -0.25) is 10.1 Å². The average Bonchev–Trinajstić information content (AvgIpc) is 2.25. The molecule has 6 heteroatoms. The van der Waals surface area contributed by atoms with Crippen LogP contribution < -0.4 is 10.1 Å². The number of nitrogens with zero attached hydrogens (tertiary/aromatic N) is 1. The zero-order chi connectivity index (χ0) is 13.1. The lowest BCUT2D eigenvalue weighted by Crippen LogP contribution is -2.38. The van der Waals surface area contributed by atoms with Gasteiger partial charge >= 0.3 is 5.69 Å². The van der Waals surface area contributed by atoms with Crippen LogP contribution in [0.5, 0.6) is 5.75 Å². The van der Waals surface area contributed by atoms with Crippen LogP contribution in [0.25, 0.3) is 0 Å². The van der Waals surface area contributed by atoms with Crippen molar-refractivity contribution in [3.05, 3.63) is 34.1 Å². The van der Waals surface area contributed by atoms with E-state index < -0.39 is 16.4 Å². The molecule has 0 bridgehead atoms. The summed E-state index contributed by atoms with van der Waals surface area (Å²) in [6, 6.07) is 3.92. The van der Waals surface area contributed by atoms with E-state index >= 15 is 0 Å². The maximum absolute atomic E-state index is 13.3. The Balaban J connectivity index is 2.02. The molecule has 1 aliphatic rings. The summed E-state index contributed by atoms with van der Waals surface area (Å²) in [4.78, 5) is 10.0. The average molecular weight is 254 g/mol. The fraction of sp³-hybridized carbons (Fsp3) is 0.500. The van der Waals surface area contributed by atoms with Gasteiger partial charge in [-0.2, -0.15) is 4.39 Å². The number of rotatable bonds is 5. The van der Waals surface area contributed by atoms with Crippen LogP contribution in [0.3, 0.4) is 0 Å². The number of benzene rings is 1. The summed E-state index contributed by atoms with van der Waals surface area (Å²) in [6.45, 7) is 0.908. The molecule has 0 heterocycles. The van der Waals surface area contributed by atoms with E-state index in [1.165, 1.54) is 12.1 Å². The van der Waals surface area contributed by atoms with E-state index in [1.807, 2.05) is 7.05 Å². The largest absolute Gasteiger partial charge is 0.483 e. The second-order valence-electron chi connectivity index (χ2n) is 4.48. The van der Waals surface area contributed by atoms with Gasteiger partial charge in [-0.15, -0.1) is 0 Å². The van der Waals surface area contributed by atoms with Crippen molar-refractivity contribution < 1.29 is 14.1 Å². The smallest absolute Gasteiger partial charge is 0.346 e. The van der Waals surface area contributed by atoms with Crippen molar-refractivity contribution in [1.29, 1.82) is 0 Å². The molecular formula is C12H15FN2O3. The van der Waals surface area contributed by atoms with Crippen LogP contribution in [0.4, 0.5) is 10.1 Å². The van der Waals surface area contributed by atoms with E-state index in [0.29, 0.717) is 5.92 Å². The predicted molar refractivity (Wildman–Crippen MR) is 64.1 cm³/mol. The molecule has 5 nitrogen and oxygen atoms in total. The standard InChI is InChI=1S/C12H15FN2O3/c1-14-7-8-5-9(6-8)18-11-4-2-3-10(13)12(11)15(16)17/h2-4,8-9,14H,5-7H2,1H3.